The van der Waals surface area contributed by atoms with Crippen molar-refractivity contribution in [3.8, 4) is 0 Å². The molecule has 0 amide bonds. The molecule has 0 saturated carbocycles. The molecular weight excluding hydrogens is 307 g/mol. The zero-order valence-electron chi connectivity index (χ0n) is 10.6. The Hall–Kier alpha value is -1.19. The van der Waals surface area contributed by atoms with E-state index in [1.54, 1.807) is 0 Å². The van der Waals surface area contributed by atoms with Crippen molar-refractivity contribution in [2.75, 3.05) is 30.3 Å². The van der Waals surface area contributed by atoms with Gasteiger partial charge in [0, 0.05) is 13.1 Å². The Kier molecular flexibility index (Phi) is 4.03. The van der Waals surface area contributed by atoms with Crippen molar-refractivity contribution < 1.29 is 21.2 Å². The van der Waals surface area contributed by atoms with Gasteiger partial charge in [0.2, 0.25) is 10.0 Å². The minimum atomic E-state index is -4.13. The molecule has 2 N–H and O–H groups in total. The van der Waals surface area contributed by atoms with Crippen molar-refractivity contribution in [3.05, 3.63) is 24.0 Å². The Morgan fingerprint density at radius 1 is 1.20 bits per heavy atom. The predicted octanol–water partition coefficient (Wildman–Crippen LogP) is 0.217. The molecule has 0 radical (unpaired) electrons. The van der Waals surface area contributed by atoms with Crippen LogP contribution < -0.4 is 5.73 Å². The number of rotatable bonds is 2. The molecule has 1 heterocycles. The highest BCUT2D eigenvalue weighted by atomic mass is 32.2. The van der Waals surface area contributed by atoms with Crippen LogP contribution in [-0.4, -0.2) is 45.7 Å². The predicted molar refractivity (Wildman–Crippen MR) is 72.8 cm³/mol. The summed E-state index contributed by atoms with van der Waals surface area (Å²) in [6, 6.07) is 3.62. The van der Waals surface area contributed by atoms with Crippen molar-refractivity contribution in [1.29, 1.82) is 0 Å². The molecule has 0 unspecified atom stereocenters. The molecule has 1 fully saturated rings. The van der Waals surface area contributed by atoms with Gasteiger partial charge < -0.3 is 5.73 Å². The number of sulfonamides is 1. The second-order valence-electron chi connectivity index (χ2n) is 4.57. The van der Waals surface area contributed by atoms with E-state index in [2.05, 4.69) is 0 Å². The Morgan fingerprint density at radius 3 is 2.55 bits per heavy atom. The normalized spacial score (nSPS) is 20.4. The smallest absolute Gasteiger partial charge is 0.248 e. The Balaban J connectivity index is 2.41. The van der Waals surface area contributed by atoms with Gasteiger partial charge in [-0.2, -0.15) is 4.31 Å². The fourth-order valence-electron chi connectivity index (χ4n) is 2.08. The SMILES string of the molecule is Nc1cccc(F)c1S(=O)(=O)N1CCCS(=O)(=O)CC1. The minimum Gasteiger partial charge on any atom is -0.398 e. The fraction of sp³-hybridized carbons (Fsp3) is 0.455. The van der Waals surface area contributed by atoms with Crippen LogP contribution in [0.5, 0.6) is 0 Å². The molecule has 0 bridgehead atoms. The van der Waals surface area contributed by atoms with E-state index in [0.717, 1.165) is 10.4 Å². The third kappa shape index (κ3) is 2.94. The van der Waals surface area contributed by atoms with E-state index in [0.29, 0.717) is 0 Å². The first-order valence-corrected chi connectivity index (χ1v) is 9.25. The monoisotopic (exact) mass is 322 g/mol. The average Bonchev–Trinajstić information content (AvgIpc) is 2.50. The number of halogens is 1. The van der Waals surface area contributed by atoms with E-state index < -0.39 is 30.6 Å². The van der Waals surface area contributed by atoms with Crippen LogP contribution in [0.1, 0.15) is 6.42 Å². The fourth-order valence-corrected chi connectivity index (χ4v) is 5.11. The number of hydrogen-bond donors (Lipinski definition) is 1. The zero-order valence-corrected chi connectivity index (χ0v) is 12.3. The number of anilines is 1. The summed E-state index contributed by atoms with van der Waals surface area (Å²) in [6.45, 7) is -0.145. The van der Waals surface area contributed by atoms with Gasteiger partial charge in [0.1, 0.15) is 10.7 Å². The molecule has 6 nitrogen and oxygen atoms in total. The van der Waals surface area contributed by atoms with Crippen molar-refractivity contribution in [2.45, 2.75) is 11.3 Å². The van der Waals surface area contributed by atoms with Crippen LogP contribution in [-0.2, 0) is 19.9 Å². The van der Waals surface area contributed by atoms with Crippen LogP contribution in [0, 0.1) is 5.82 Å². The van der Waals surface area contributed by atoms with Crippen LogP contribution >= 0.6 is 0 Å². The lowest BCUT2D eigenvalue weighted by Gasteiger charge is -2.20. The topological polar surface area (TPSA) is 97.5 Å². The summed E-state index contributed by atoms with van der Waals surface area (Å²) < 4.78 is 62.5. The zero-order chi connectivity index (χ0) is 15.0. The number of nitrogen functional groups attached to an aromatic ring is 1. The van der Waals surface area contributed by atoms with Crippen LogP contribution in [0.4, 0.5) is 10.1 Å². The molecule has 0 aromatic heterocycles. The highest BCUT2D eigenvalue weighted by Crippen LogP contribution is 2.26. The molecule has 0 atom stereocenters. The maximum atomic E-state index is 13.8. The molecule has 1 aromatic rings. The van der Waals surface area contributed by atoms with E-state index >= 15 is 0 Å². The first kappa shape index (κ1) is 15.2. The summed E-state index contributed by atoms with van der Waals surface area (Å²) >= 11 is 0. The van der Waals surface area contributed by atoms with Gasteiger partial charge in [-0.05, 0) is 18.6 Å². The largest absolute Gasteiger partial charge is 0.398 e. The number of nitrogens with zero attached hydrogens (tertiary/aromatic N) is 1. The molecule has 0 aliphatic carbocycles. The van der Waals surface area contributed by atoms with Crippen molar-refractivity contribution in [1.82, 2.24) is 4.31 Å². The van der Waals surface area contributed by atoms with Crippen LogP contribution in [0.3, 0.4) is 0 Å². The van der Waals surface area contributed by atoms with Gasteiger partial charge in [-0.1, -0.05) is 6.07 Å². The summed E-state index contributed by atoms with van der Waals surface area (Å²) in [7, 11) is -7.37. The number of sulfone groups is 1. The molecule has 1 aliphatic rings. The minimum absolute atomic E-state index is 0.0370. The average molecular weight is 322 g/mol. The molecule has 1 saturated heterocycles. The Bertz CT molecular complexity index is 696. The van der Waals surface area contributed by atoms with Gasteiger partial charge >= 0.3 is 0 Å². The third-order valence-corrected chi connectivity index (χ3v) is 6.82. The van der Waals surface area contributed by atoms with Crippen molar-refractivity contribution >= 4 is 25.5 Å². The Morgan fingerprint density at radius 2 is 1.90 bits per heavy atom. The number of benzene rings is 1. The third-order valence-electron chi connectivity index (χ3n) is 3.11. The van der Waals surface area contributed by atoms with Gasteiger partial charge in [0.15, 0.2) is 9.84 Å². The molecule has 9 heteroatoms. The number of nitrogens with two attached hydrogens (primary N) is 1. The van der Waals surface area contributed by atoms with E-state index in [4.69, 9.17) is 5.73 Å². The second-order valence-corrected chi connectivity index (χ2v) is 8.75. The standard InChI is InChI=1S/C11H15FN2O4S2/c12-9-3-1-4-10(13)11(9)20(17,18)14-5-2-7-19(15,16)8-6-14/h1,3-4H,2,5-8,13H2. The summed E-state index contributed by atoms with van der Waals surface area (Å²) in [5, 5.41) is 0. The molecule has 1 aliphatic heterocycles. The summed E-state index contributed by atoms with van der Waals surface area (Å²) in [5.74, 6) is -1.26. The molecule has 0 spiro atoms. The molecule has 1 aromatic carbocycles. The van der Waals surface area contributed by atoms with Gasteiger partial charge in [0.05, 0.1) is 17.2 Å². The quantitative estimate of drug-likeness (QED) is 0.785. The second kappa shape index (κ2) is 5.30. The van der Waals surface area contributed by atoms with Crippen molar-refractivity contribution in [2.24, 2.45) is 0 Å². The van der Waals surface area contributed by atoms with Gasteiger partial charge in [0.25, 0.3) is 0 Å². The Labute approximate surface area is 117 Å². The van der Waals surface area contributed by atoms with E-state index in [-0.39, 0.29) is 36.7 Å². The maximum Gasteiger partial charge on any atom is 0.248 e. The highest BCUT2D eigenvalue weighted by Gasteiger charge is 2.32. The van der Waals surface area contributed by atoms with E-state index in [1.807, 2.05) is 0 Å². The highest BCUT2D eigenvalue weighted by molar-refractivity contribution is 7.91. The first-order valence-electron chi connectivity index (χ1n) is 5.98. The summed E-state index contributed by atoms with van der Waals surface area (Å²) in [4.78, 5) is -0.584. The lowest BCUT2D eigenvalue weighted by Crippen LogP contribution is -2.34. The van der Waals surface area contributed by atoms with E-state index in [1.165, 1.54) is 12.1 Å². The van der Waals surface area contributed by atoms with Gasteiger partial charge in [-0.3, -0.25) is 0 Å². The van der Waals surface area contributed by atoms with Crippen LogP contribution in [0.15, 0.2) is 23.1 Å². The molecule has 112 valence electrons. The van der Waals surface area contributed by atoms with Gasteiger partial charge in [-0.25, -0.2) is 21.2 Å². The first-order chi connectivity index (χ1) is 9.24. The molecule has 20 heavy (non-hydrogen) atoms. The van der Waals surface area contributed by atoms with Crippen LogP contribution in [0.2, 0.25) is 0 Å². The van der Waals surface area contributed by atoms with Gasteiger partial charge in [-0.15, -0.1) is 0 Å². The maximum absolute atomic E-state index is 13.8. The number of hydrogen-bond acceptors (Lipinski definition) is 5. The van der Waals surface area contributed by atoms with E-state index in [9.17, 15) is 21.2 Å². The van der Waals surface area contributed by atoms with Crippen LogP contribution in [0.25, 0.3) is 0 Å². The summed E-state index contributed by atoms with van der Waals surface area (Å²) in [6.07, 6.45) is 0.190. The molecular formula is C11H15FN2O4S2. The van der Waals surface area contributed by atoms with Crippen molar-refractivity contribution in [3.63, 3.8) is 0 Å². The molecule has 2 rings (SSSR count). The lowest BCUT2D eigenvalue weighted by molar-refractivity contribution is 0.430. The summed E-state index contributed by atoms with van der Waals surface area (Å²) in [5.41, 5.74) is 5.36. The lowest BCUT2D eigenvalue weighted by atomic mass is 10.3.